The summed E-state index contributed by atoms with van der Waals surface area (Å²) < 4.78 is 10.9. The summed E-state index contributed by atoms with van der Waals surface area (Å²) in [6, 6.07) is 0. The van der Waals surface area contributed by atoms with Gasteiger partial charge in [0.2, 0.25) is 23.6 Å². The molecule has 2 rings (SSSR count). The molecule has 2 heterocycles. The van der Waals surface area contributed by atoms with E-state index in [1.165, 1.54) is 0 Å². The number of carbonyl (C=O) groups excluding carboxylic acids is 5. The van der Waals surface area contributed by atoms with Gasteiger partial charge in [-0.3, -0.25) is 24.1 Å². The zero-order valence-electron chi connectivity index (χ0n) is 22.5. The van der Waals surface area contributed by atoms with Gasteiger partial charge in [-0.1, -0.05) is 52.6 Å². The Bertz CT molecular complexity index is 789. The summed E-state index contributed by atoms with van der Waals surface area (Å²) >= 11 is 6.31. The van der Waals surface area contributed by atoms with Crippen LogP contribution in [0.5, 0.6) is 0 Å². The highest BCUT2D eigenvalue weighted by Gasteiger charge is 2.30. The maximum absolute atomic E-state index is 13.0. The van der Waals surface area contributed by atoms with Gasteiger partial charge in [0, 0.05) is 52.4 Å². The molecule has 2 fully saturated rings. The lowest BCUT2D eigenvalue weighted by Crippen LogP contribution is -2.55. The third-order valence-electron chi connectivity index (χ3n) is 6.10. The van der Waals surface area contributed by atoms with E-state index in [9.17, 15) is 24.0 Å². The van der Waals surface area contributed by atoms with Crippen molar-refractivity contribution < 1.29 is 33.4 Å². The molecule has 0 aromatic rings. The number of ether oxygens (including phenoxy) is 2. The molecule has 5 amide bonds. The predicted molar refractivity (Wildman–Crippen MR) is 147 cm³/mol. The first kappa shape index (κ1) is 32.3. The van der Waals surface area contributed by atoms with E-state index in [2.05, 4.69) is 31.9 Å². The number of amides is 5. The highest BCUT2D eigenvalue weighted by molar-refractivity contribution is 9.09. The first-order chi connectivity index (χ1) is 17.9. The Morgan fingerprint density at radius 2 is 1.03 bits per heavy atom. The molecule has 12 nitrogen and oxygen atoms in total. The van der Waals surface area contributed by atoms with Crippen molar-refractivity contribution in [1.82, 2.24) is 24.5 Å². The van der Waals surface area contributed by atoms with Gasteiger partial charge in [-0.25, -0.2) is 4.79 Å². The minimum atomic E-state index is -0.771. The standard InChI is InChI=1S/C24H39Br2N5O7/c1-24(2,3)18-37-12-13-38-23(36)31(16-21(34)29-8-4-27(5-9-29)19(32)14-25)17-22(35)30-10-6-28(7-11-30)20(33)15-26/h4-18H2,1-3H3. The molecule has 14 heteroatoms. The molecule has 0 bridgehead atoms. The Morgan fingerprint density at radius 1 is 0.658 bits per heavy atom. The summed E-state index contributed by atoms with van der Waals surface area (Å²) in [6.45, 7) is 9.15. The van der Waals surface area contributed by atoms with Crippen molar-refractivity contribution in [2.24, 2.45) is 5.41 Å². The molecular weight excluding hydrogens is 630 g/mol. The first-order valence-corrected chi connectivity index (χ1v) is 14.9. The second-order valence-corrected chi connectivity index (χ2v) is 11.5. The van der Waals surface area contributed by atoms with Gasteiger partial charge in [0.25, 0.3) is 0 Å². The van der Waals surface area contributed by atoms with Crippen LogP contribution in [0.25, 0.3) is 0 Å². The maximum Gasteiger partial charge on any atom is 0.410 e. The predicted octanol–water partition coefficient (Wildman–Crippen LogP) is 0.619. The Balaban J connectivity index is 1.95. The van der Waals surface area contributed by atoms with Gasteiger partial charge in [0.05, 0.1) is 23.9 Å². The molecule has 38 heavy (non-hydrogen) atoms. The number of carbonyl (C=O) groups is 5. The van der Waals surface area contributed by atoms with E-state index >= 15 is 0 Å². The molecule has 2 aliphatic heterocycles. The minimum absolute atomic E-state index is 0.00550. The topological polar surface area (TPSA) is 120 Å². The normalized spacial score (nSPS) is 16.3. The first-order valence-electron chi connectivity index (χ1n) is 12.7. The van der Waals surface area contributed by atoms with Gasteiger partial charge >= 0.3 is 6.09 Å². The van der Waals surface area contributed by atoms with Crippen LogP contribution >= 0.6 is 31.9 Å². The summed E-state index contributed by atoms with van der Waals surface area (Å²) in [5.41, 5.74) is -0.0266. The molecule has 0 radical (unpaired) electrons. The van der Waals surface area contributed by atoms with Crippen LogP contribution in [0.1, 0.15) is 20.8 Å². The number of alkyl halides is 2. The van der Waals surface area contributed by atoms with Gasteiger partial charge in [-0.15, -0.1) is 0 Å². The monoisotopic (exact) mass is 667 g/mol. The lowest BCUT2D eigenvalue weighted by atomic mass is 9.99. The third kappa shape index (κ3) is 10.7. The quantitative estimate of drug-likeness (QED) is 0.247. The maximum atomic E-state index is 13.0. The molecular formula is C24H39Br2N5O7. The minimum Gasteiger partial charge on any atom is -0.447 e. The van der Waals surface area contributed by atoms with Gasteiger partial charge < -0.3 is 29.1 Å². The van der Waals surface area contributed by atoms with E-state index in [0.717, 1.165) is 4.90 Å². The smallest absolute Gasteiger partial charge is 0.410 e. The number of rotatable bonds is 10. The SMILES string of the molecule is CC(C)(C)COCCOC(=O)N(CC(=O)N1CCN(C(=O)CBr)CC1)CC(=O)N1CCN(C(=O)CBr)CC1. The van der Waals surface area contributed by atoms with Crippen LogP contribution in [0.3, 0.4) is 0 Å². The molecule has 0 saturated carbocycles. The Kier molecular flexibility index (Phi) is 13.3. The number of hydrogen-bond acceptors (Lipinski definition) is 7. The number of piperazine rings is 2. The Morgan fingerprint density at radius 3 is 1.37 bits per heavy atom. The highest BCUT2D eigenvalue weighted by atomic mass is 79.9. The van der Waals surface area contributed by atoms with E-state index in [0.29, 0.717) is 59.0 Å². The molecule has 0 aliphatic carbocycles. The second kappa shape index (κ2) is 15.6. The number of halogens is 2. The van der Waals surface area contributed by atoms with Crippen molar-refractivity contribution in [2.75, 3.05) is 95.9 Å². The van der Waals surface area contributed by atoms with Crippen LogP contribution in [0, 0.1) is 5.41 Å². The van der Waals surface area contributed by atoms with Crippen molar-refractivity contribution in [3.05, 3.63) is 0 Å². The molecule has 0 N–H and O–H groups in total. The average molecular weight is 669 g/mol. The number of nitrogens with zero attached hydrogens (tertiary/aromatic N) is 5. The van der Waals surface area contributed by atoms with Crippen LogP contribution in [0.2, 0.25) is 0 Å². The Labute approximate surface area is 241 Å². The molecule has 216 valence electrons. The van der Waals surface area contributed by atoms with E-state index in [4.69, 9.17) is 9.47 Å². The fourth-order valence-electron chi connectivity index (χ4n) is 3.95. The van der Waals surface area contributed by atoms with Crippen LogP contribution in [-0.2, 0) is 28.7 Å². The van der Waals surface area contributed by atoms with Crippen LogP contribution in [0.4, 0.5) is 4.79 Å². The van der Waals surface area contributed by atoms with Crippen molar-refractivity contribution in [3.63, 3.8) is 0 Å². The molecule has 2 saturated heterocycles. The zero-order valence-corrected chi connectivity index (χ0v) is 25.6. The van der Waals surface area contributed by atoms with Crippen molar-refractivity contribution in [2.45, 2.75) is 20.8 Å². The summed E-state index contributed by atoms with van der Waals surface area (Å²) in [5, 5.41) is 0.446. The summed E-state index contributed by atoms with van der Waals surface area (Å²) in [5.74, 6) is -0.728. The summed E-state index contributed by atoms with van der Waals surface area (Å²) in [4.78, 5) is 70.3. The van der Waals surface area contributed by atoms with Crippen LogP contribution < -0.4 is 0 Å². The van der Waals surface area contributed by atoms with Crippen LogP contribution in [-0.4, -0.2) is 150 Å². The fraction of sp³-hybridized carbons (Fsp3) is 0.792. The average Bonchev–Trinajstić information content (AvgIpc) is 2.90. The van der Waals surface area contributed by atoms with Crippen molar-refractivity contribution in [3.8, 4) is 0 Å². The fourth-order valence-corrected chi connectivity index (χ4v) is 4.66. The van der Waals surface area contributed by atoms with Crippen LogP contribution in [0.15, 0.2) is 0 Å². The van der Waals surface area contributed by atoms with Gasteiger partial charge in [0.1, 0.15) is 19.7 Å². The number of hydrogen-bond donors (Lipinski definition) is 0. The van der Waals surface area contributed by atoms with E-state index in [-0.39, 0.29) is 66.0 Å². The van der Waals surface area contributed by atoms with E-state index in [1.807, 2.05) is 20.8 Å². The molecule has 0 aromatic heterocycles. The van der Waals surface area contributed by atoms with E-state index in [1.54, 1.807) is 19.6 Å². The second-order valence-electron chi connectivity index (χ2n) is 10.4. The largest absolute Gasteiger partial charge is 0.447 e. The Hall–Kier alpha value is -1.93. The summed E-state index contributed by atoms with van der Waals surface area (Å²) in [6.07, 6.45) is -0.771. The van der Waals surface area contributed by atoms with Crippen molar-refractivity contribution >= 4 is 61.6 Å². The lowest BCUT2D eigenvalue weighted by molar-refractivity contribution is -0.141. The third-order valence-corrected chi connectivity index (χ3v) is 7.06. The van der Waals surface area contributed by atoms with Gasteiger partial charge in [0.15, 0.2) is 0 Å². The molecule has 0 atom stereocenters. The molecule has 0 spiro atoms. The highest BCUT2D eigenvalue weighted by Crippen LogP contribution is 2.13. The molecule has 2 aliphatic rings. The summed E-state index contributed by atoms with van der Waals surface area (Å²) in [7, 11) is 0. The van der Waals surface area contributed by atoms with Crippen molar-refractivity contribution in [1.29, 1.82) is 0 Å². The lowest BCUT2D eigenvalue weighted by Gasteiger charge is -2.37. The van der Waals surface area contributed by atoms with Gasteiger partial charge in [-0.05, 0) is 5.41 Å². The van der Waals surface area contributed by atoms with Gasteiger partial charge in [-0.2, -0.15) is 0 Å². The molecule has 0 aromatic carbocycles. The molecule has 0 unspecified atom stereocenters. The van der Waals surface area contributed by atoms with E-state index < -0.39 is 6.09 Å². The zero-order chi connectivity index (χ0) is 28.3.